The van der Waals surface area contributed by atoms with E-state index in [4.69, 9.17) is 5.11 Å². The minimum atomic E-state index is -3.37. The van der Waals surface area contributed by atoms with Crippen molar-refractivity contribution >= 4 is 21.7 Å². The fourth-order valence-electron chi connectivity index (χ4n) is 1.48. The van der Waals surface area contributed by atoms with Gasteiger partial charge in [0.25, 0.3) is 0 Å². The van der Waals surface area contributed by atoms with Crippen molar-refractivity contribution in [2.24, 2.45) is 0 Å². The summed E-state index contributed by atoms with van der Waals surface area (Å²) in [6.45, 7) is 0. The summed E-state index contributed by atoms with van der Waals surface area (Å²) in [5, 5.41) is 18.2. The van der Waals surface area contributed by atoms with Gasteiger partial charge in [-0.3, -0.25) is 9.52 Å². The SMILES string of the molecule is CS(=O)(=O)Nc1ccc(CCCC(=O)O)c(O)c1. The number of carbonyl (C=O) groups is 1. The molecule has 0 bridgehead atoms. The Morgan fingerprint density at radius 3 is 2.56 bits per heavy atom. The number of aromatic hydroxyl groups is 1. The standard InChI is InChI=1S/C11H15NO5S/c1-18(16,17)12-9-6-5-8(10(13)7-9)3-2-4-11(14)15/h5-7,12-13H,2-4H2,1H3,(H,14,15). The highest BCUT2D eigenvalue weighted by atomic mass is 32.2. The van der Waals surface area contributed by atoms with Crippen LogP contribution in [0.2, 0.25) is 0 Å². The largest absolute Gasteiger partial charge is 0.508 e. The smallest absolute Gasteiger partial charge is 0.303 e. The Morgan fingerprint density at radius 2 is 2.06 bits per heavy atom. The fraction of sp³-hybridized carbons (Fsp3) is 0.364. The molecule has 7 heteroatoms. The van der Waals surface area contributed by atoms with Gasteiger partial charge in [-0.05, 0) is 24.5 Å². The Bertz CT molecular complexity index is 538. The summed E-state index contributed by atoms with van der Waals surface area (Å²) in [4.78, 5) is 10.3. The molecule has 6 nitrogen and oxygen atoms in total. The summed E-state index contributed by atoms with van der Waals surface area (Å²) in [6.07, 6.45) is 1.90. The number of anilines is 1. The van der Waals surface area contributed by atoms with Crippen molar-refractivity contribution in [1.29, 1.82) is 0 Å². The Kier molecular flexibility index (Phi) is 4.55. The maximum absolute atomic E-state index is 11.0. The molecule has 0 amide bonds. The molecule has 0 atom stereocenters. The molecular formula is C11H15NO5S. The van der Waals surface area contributed by atoms with Crippen molar-refractivity contribution < 1.29 is 23.4 Å². The molecule has 1 rings (SSSR count). The van der Waals surface area contributed by atoms with E-state index < -0.39 is 16.0 Å². The number of aryl methyl sites for hydroxylation is 1. The van der Waals surface area contributed by atoms with Crippen LogP contribution in [0.15, 0.2) is 18.2 Å². The van der Waals surface area contributed by atoms with Crippen molar-refractivity contribution in [3.8, 4) is 5.75 Å². The number of hydrogen-bond acceptors (Lipinski definition) is 4. The van der Waals surface area contributed by atoms with E-state index in [2.05, 4.69) is 4.72 Å². The van der Waals surface area contributed by atoms with Crippen LogP contribution in [0.3, 0.4) is 0 Å². The van der Waals surface area contributed by atoms with Crippen molar-refractivity contribution in [3.63, 3.8) is 0 Å². The molecule has 1 aromatic rings. The third-order valence-corrected chi connectivity index (χ3v) is 2.83. The minimum Gasteiger partial charge on any atom is -0.508 e. The molecule has 3 N–H and O–H groups in total. The van der Waals surface area contributed by atoms with Crippen molar-refractivity contribution in [2.45, 2.75) is 19.3 Å². The molecule has 100 valence electrons. The van der Waals surface area contributed by atoms with Gasteiger partial charge in [-0.2, -0.15) is 0 Å². The van der Waals surface area contributed by atoms with Crippen LogP contribution in [-0.4, -0.2) is 30.9 Å². The maximum atomic E-state index is 11.0. The number of nitrogens with one attached hydrogen (secondary N) is 1. The Morgan fingerprint density at radius 1 is 1.39 bits per heavy atom. The molecule has 0 aliphatic rings. The van der Waals surface area contributed by atoms with E-state index in [-0.39, 0.29) is 17.9 Å². The lowest BCUT2D eigenvalue weighted by molar-refractivity contribution is -0.137. The van der Waals surface area contributed by atoms with Crippen molar-refractivity contribution in [3.05, 3.63) is 23.8 Å². The van der Waals surface area contributed by atoms with E-state index in [1.807, 2.05) is 0 Å². The monoisotopic (exact) mass is 273 g/mol. The van der Waals surface area contributed by atoms with Gasteiger partial charge in [-0.25, -0.2) is 8.42 Å². The van der Waals surface area contributed by atoms with Crippen LogP contribution < -0.4 is 4.72 Å². The molecule has 0 unspecified atom stereocenters. The second-order valence-electron chi connectivity index (χ2n) is 3.97. The number of phenols is 1. The van der Waals surface area contributed by atoms with Gasteiger partial charge in [0.15, 0.2) is 0 Å². The molecular weight excluding hydrogens is 258 g/mol. The molecule has 0 heterocycles. The molecule has 0 saturated heterocycles. The Balaban J connectivity index is 2.71. The number of aliphatic carboxylic acids is 1. The lowest BCUT2D eigenvalue weighted by Gasteiger charge is -2.08. The quantitative estimate of drug-likeness (QED) is 0.721. The van der Waals surface area contributed by atoms with Crippen molar-refractivity contribution in [1.82, 2.24) is 0 Å². The van der Waals surface area contributed by atoms with Gasteiger partial charge < -0.3 is 10.2 Å². The zero-order valence-corrected chi connectivity index (χ0v) is 10.7. The van der Waals surface area contributed by atoms with Crippen LogP contribution in [0.5, 0.6) is 5.75 Å². The topological polar surface area (TPSA) is 104 Å². The second-order valence-corrected chi connectivity index (χ2v) is 5.71. The molecule has 0 radical (unpaired) electrons. The van der Waals surface area contributed by atoms with Crippen LogP contribution in [0.1, 0.15) is 18.4 Å². The molecule has 18 heavy (non-hydrogen) atoms. The van der Waals surface area contributed by atoms with Crippen molar-refractivity contribution in [2.75, 3.05) is 11.0 Å². The lowest BCUT2D eigenvalue weighted by atomic mass is 10.1. The molecule has 0 aromatic heterocycles. The summed E-state index contributed by atoms with van der Waals surface area (Å²) < 4.78 is 24.2. The normalized spacial score (nSPS) is 11.2. The van der Waals surface area contributed by atoms with Gasteiger partial charge in [-0.1, -0.05) is 6.07 Å². The summed E-state index contributed by atoms with van der Waals surface area (Å²) in [6, 6.07) is 4.40. The molecule has 1 aromatic carbocycles. The van der Waals surface area contributed by atoms with Crippen LogP contribution in [-0.2, 0) is 21.2 Å². The first-order valence-electron chi connectivity index (χ1n) is 5.29. The third kappa shape index (κ3) is 5.05. The maximum Gasteiger partial charge on any atom is 0.303 e. The number of phenolic OH excluding ortho intramolecular Hbond substituents is 1. The summed E-state index contributed by atoms with van der Waals surface area (Å²) in [5.41, 5.74) is 0.868. The highest BCUT2D eigenvalue weighted by Crippen LogP contribution is 2.24. The molecule has 0 aliphatic carbocycles. The van der Waals surface area contributed by atoms with E-state index in [0.717, 1.165) is 6.26 Å². The van der Waals surface area contributed by atoms with Gasteiger partial charge in [-0.15, -0.1) is 0 Å². The highest BCUT2D eigenvalue weighted by molar-refractivity contribution is 7.92. The van der Waals surface area contributed by atoms with Gasteiger partial charge in [0.1, 0.15) is 5.75 Å². The van der Waals surface area contributed by atoms with Gasteiger partial charge in [0.2, 0.25) is 10.0 Å². The number of rotatable bonds is 6. The average molecular weight is 273 g/mol. The van der Waals surface area contributed by atoms with E-state index in [1.54, 1.807) is 6.07 Å². The molecule has 0 saturated carbocycles. The predicted octanol–water partition coefficient (Wildman–Crippen LogP) is 1.17. The number of sulfonamides is 1. The molecule has 0 spiro atoms. The van der Waals surface area contributed by atoms with Crippen LogP contribution in [0, 0.1) is 0 Å². The number of hydrogen-bond donors (Lipinski definition) is 3. The fourth-order valence-corrected chi connectivity index (χ4v) is 2.04. The number of benzene rings is 1. The number of carboxylic acid groups (broad SMARTS) is 1. The van der Waals surface area contributed by atoms with Gasteiger partial charge in [0, 0.05) is 12.5 Å². The van der Waals surface area contributed by atoms with Gasteiger partial charge >= 0.3 is 5.97 Å². The van der Waals surface area contributed by atoms with E-state index >= 15 is 0 Å². The predicted molar refractivity (Wildman–Crippen MR) is 67.1 cm³/mol. The Hall–Kier alpha value is -1.76. The number of carboxylic acids is 1. The minimum absolute atomic E-state index is 0.0305. The first kappa shape index (κ1) is 14.3. The third-order valence-electron chi connectivity index (χ3n) is 2.23. The van der Waals surface area contributed by atoms with E-state index in [9.17, 15) is 18.3 Å². The molecule has 0 fully saturated rings. The van der Waals surface area contributed by atoms with Crippen LogP contribution in [0.25, 0.3) is 0 Å². The van der Waals surface area contributed by atoms with Gasteiger partial charge in [0.05, 0.1) is 11.9 Å². The summed E-state index contributed by atoms with van der Waals surface area (Å²) in [7, 11) is -3.37. The summed E-state index contributed by atoms with van der Waals surface area (Å²) in [5.74, 6) is -0.932. The van der Waals surface area contributed by atoms with Crippen LogP contribution in [0.4, 0.5) is 5.69 Å². The highest BCUT2D eigenvalue weighted by Gasteiger charge is 2.07. The zero-order valence-electron chi connectivity index (χ0n) is 9.88. The lowest BCUT2D eigenvalue weighted by Crippen LogP contribution is -2.09. The second kappa shape index (κ2) is 5.72. The average Bonchev–Trinajstić information content (AvgIpc) is 2.18. The van der Waals surface area contributed by atoms with E-state index in [1.165, 1.54) is 12.1 Å². The first-order valence-corrected chi connectivity index (χ1v) is 7.18. The first-order chi connectivity index (χ1) is 8.28. The van der Waals surface area contributed by atoms with E-state index in [0.29, 0.717) is 18.4 Å². The zero-order chi connectivity index (χ0) is 13.8. The Labute approximate surface area is 105 Å². The van der Waals surface area contributed by atoms with Crippen LogP contribution >= 0.6 is 0 Å². The molecule has 0 aliphatic heterocycles. The summed E-state index contributed by atoms with van der Waals surface area (Å²) >= 11 is 0.